The lowest BCUT2D eigenvalue weighted by molar-refractivity contribution is -0.0498. The lowest BCUT2D eigenvalue weighted by atomic mass is 10.2. The molecular formula is C13H11F2NO3. The van der Waals surface area contributed by atoms with E-state index in [1.807, 2.05) is 0 Å². The Kier molecular flexibility index (Phi) is 4.12. The Balaban J connectivity index is 1.98. The summed E-state index contributed by atoms with van der Waals surface area (Å²) in [4.78, 5) is 11.8. The van der Waals surface area contributed by atoms with Crippen LogP contribution in [-0.4, -0.2) is 12.5 Å². The summed E-state index contributed by atoms with van der Waals surface area (Å²) in [6, 6.07) is 9.02. The van der Waals surface area contributed by atoms with Crippen LogP contribution in [0.5, 0.6) is 5.75 Å². The molecule has 4 nitrogen and oxygen atoms in total. The number of furan rings is 1. The summed E-state index contributed by atoms with van der Waals surface area (Å²) in [6.45, 7) is -2.69. The van der Waals surface area contributed by atoms with Gasteiger partial charge in [0.05, 0.1) is 12.8 Å². The number of amides is 1. The quantitative estimate of drug-likeness (QED) is 0.906. The van der Waals surface area contributed by atoms with Crippen molar-refractivity contribution in [1.82, 2.24) is 5.32 Å². The molecule has 0 aliphatic rings. The molecule has 0 aliphatic heterocycles. The van der Waals surface area contributed by atoms with Gasteiger partial charge in [0, 0.05) is 5.56 Å². The zero-order valence-corrected chi connectivity index (χ0v) is 9.81. The van der Waals surface area contributed by atoms with Crippen LogP contribution in [0.2, 0.25) is 0 Å². The Labute approximate surface area is 108 Å². The summed E-state index contributed by atoms with van der Waals surface area (Å²) in [6.07, 6.45) is 1.50. The highest BCUT2D eigenvalue weighted by Crippen LogP contribution is 2.16. The molecule has 2 rings (SSSR count). The molecule has 0 saturated heterocycles. The number of carbonyl (C=O) groups is 1. The van der Waals surface area contributed by atoms with Crippen LogP contribution in [-0.2, 0) is 6.54 Å². The summed E-state index contributed by atoms with van der Waals surface area (Å²) >= 11 is 0. The van der Waals surface area contributed by atoms with Gasteiger partial charge in [-0.05, 0) is 30.3 Å². The first-order valence-corrected chi connectivity index (χ1v) is 5.50. The smallest absolute Gasteiger partial charge is 0.387 e. The standard InChI is InChI=1S/C13H11F2NO3/c14-13(15)19-10-4-1-3-9(7-10)12(17)16-8-11-5-2-6-18-11/h1-7,13H,8H2,(H,16,17). The van der Waals surface area contributed by atoms with Crippen molar-refractivity contribution >= 4 is 5.91 Å². The number of benzene rings is 1. The second-order valence-electron chi connectivity index (χ2n) is 3.67. The highest BCUT2D eigenvalue weighted by Gasteiger charge is 2.09. The molecule has 0 unspecified atom stereocenters. The van der Waals surface area contributed by atoms with Crippen LogP contribution >= 0.6 is 0 Å². The van der Waals surface area contributed by atoms with E-state index < -0.39 is 12.5 Å². The van der Waals surface area contributed by atoms with E-state index in [2.05, 4.69) is 10.1 Å². The lowest BCUT2D eigenvalue weighted by Gasteiger charge is -2.07. The van der Waals surface area contributed by atoms with Gasteiger partial charge in [0.2, 0.25) is 0 Å². The molecular weight excluding hydrogens is 256 g/mol. The molecule has 19 heavy (non-hydrogen) atoms. The average Bonchev–Trinajstić information content (AvgIpc) is 2.88. The van der Waals surface area contributed by atoms with Crippen molar-refractivity contribution in [2.24, 2.45) is 0 Å². The second kappa shape index (κ2) is 5.99. The molecule has 1 amide bonds. The largest absolute Gasteiger partial charge is 0.467 e. The lowest BCUT2D eigenvalue weighted by Crippen LogP contribution is -2.22. The fourth-order valence-corrected chi connectivity index (χ4v) is 1.50. The molecule has 0 spiro atoms. The fourth-order valence-electron chi connectivity index (χ4n) is 1.50. The van der Waals surface area contributed by atoms with E-state index in [9.17, 15) is 13.6 Å². The molecule has 1 N–H and O–H groups in total. The molecule has 1 aromatic heterocycles. The van der Waals surface area contributed by atoms with Gasteiger partial charge in [0.15, 0.2) is 0 Å². The fraction of sp³-hybridized carbons (Fsp3) is 0.154. The van der Waals surface area contributed by atoms with Gasteiger partial charge in [0.25, 0.3) is 5.91 Å². The minimum atomic E-state index is -2.92. The second-order valence-corrected chi connectivity index (χ2v) is 3.67. The summed E-state index contributed by atoms with van der Waals surface area (Å²) < 4.78 is 33.4. The van der Waals surface area contributed by atoms with Crippen LogP contribution < -0.4 is 10.1 Å². The van der Waals surface area contributed by atoms with Gasteiger partial charge < -0.3 is 14.5 Å². The molecule has 1 heterocycles. The van der Waals surface area contributed by atoms with E-state index in [4.69, 9.17) is 4.42 Å². The minimum Gasteiger partial charge on any atom is -0.467 e. The number of rotatable bonds is 5. The molecule has 0 fully saturated rings. The van der Waals surface area contributed by atoms with Gasteiger partial charge in [-0.25, -0.2) is 0 Å². The first-order valence-electron chi connectivity index (χ1n) is 5.50. The van der Waals surface area contributed by atoms with E-state index in [0.717, 1.165) is 0 Å². The van der Waals surface area contributed by atoms with Crippen molar-refractivity contribution in [2.75, 3.05) is 0 Å². The predicted octanol–water partition coefficient (Wildman–Crippen LogP) is 2.81. The highest BCUT2D eigenvalue weighted by atomic mass is 19.3. The maximum atomic E-state index is 12.1. The molecule has 1 aromatic carbocycles. The summed E-state index contributed by atoms with van der Waals surface area (Å²) in [7, 11) is 0. The SMILES string of the molecule is O=C(NCc1ccco1)c1cccc(OC(F)F)c1. The van der Waals surface area contributed by atoms with Crippen LogP contribution in [0.1, 0.15) is 16.1 Å². The minimum absolute atomic E-state index is 0.0550. The van der Waals surface area contributed by atoms with Crippen molar-refractivity contribution in [3.63, 3.8) is 0 Å². The number of alkyl halides is 2. The van der Waals surface area contributed by atoms with E-state index >= 15 is 0 Å². The average molecular weight is 267 g/mol. The molecule has 100 valence electrons. The number of nitrogens with one attached hydrogen (secondary N) is 1. The van der Waals surface area contributed by atoms with Crippen LogP contribution in [0, 0.1) is 0 Å². The monoisotopic (exact) mass is 267 g/mol. The highest BCUT2D eigenvalue weighted by molar-refractivity contribution is 5.94. The Hall–Kier alpha value is -2.37. The third-order valence-corrected chi connectivity index (χ3v) is 2.32. The summed E-state index contributed by atoms with van der Waals surface area (Å²) in [5.74, 6) is 0.157. The van der Waals surface area contributed by atoms with Gasteiger partial charge in [-0.2, -0.15) is 8.78 Å². The first kappa shape index (κ1) is 13.1. The van der Waals surface area contributed by atoms with Crippen molar-refractivity contribution in [3.8, 4) is 5.75 Å². The maximum Gasteiger partial charge on any atom is 0.387 e. The van der Waals surface area contributed by atoms with Gasteiger partial charge >= 0.3 is 6.61 Å². The summed E-state index contributed by atoms with van der Waals surface area (Å²) in [5, 5.41) is 2.61. The molecule has 0 bridgehead atoms. The van der Waals surface area contributed by atoms with Crippen LogP contribution in [0.15, 0.2) is 47.1 Å². The summed E-state index contributed by atoms with van der Waals surface area (Å²) in [5.41, 5.74) is 0.240. The molecule has 0 aliphatic carbocycles. The van der Waals surface area contributed by atoms with Crippen LogP contribution in [0.3, 0.4) is 0 Å². The number of ether oxygens (including phenoxy) is 1. The Bertz CT molecular complexity index is 541. The number of hydrogen-bond acceptors (Lipinski definition) is 3. The molecule has 6 heteroatoms. The molecule has 2 aromatic rings. The van der Waals surface area contributed by atoms with E-state index in [1.54, 1.807) is 12.1 Å². The number of halogens is 2. The topological polar surface area (TPSA) is 51.5 Å². The van der Waals surface area contributed by atoms with Gasteiger partial charge in [-0.1, -0.05) is 6.07 Å². The Morgan fingerprint density at radius 1 is 1.32 bits per heavy atom. The Morgan fingerprint density at radius 2 is 2.16 bits per heavy atom. The van der Waals surface area contributed by atoms with Crippen molar-refractivity contribution in [3.05, 3.63) is 54.0 Å². The molecule has 0 atom stereocenters. The van der Waals surface area contributed by atoms with Crippen molar-refractivity contribution in [1.29, 1.82) is 0 Å². The van der Waals surface area contributed by atoms with Crippen molar-refractivity contribution in [2.45, 2.75) is 13.2 Å². The zero-order valence-electron chi connectivity index (χ0n) is 9.81. The third kappa shape index (κ3) is 3.80. The molecule has 0 radical (unpaired) electrons. The first-order chi connectivity index (χ1) is 9.15. The number of hydrogen-bond donors (Lipinski definition) is 1. The predicted molar refractivity (Wildman–Crippen MR) is 63.0 cm³/mol. The van der Waals surface area contributed by atoms with Gasteiger partial charge in [0.1, 0.15) is 11.5 Å². The normalized spacial score (nSPS) is 10.5. The maximum absolute atomic E-state index is 12.1. The van der Waals surface area contributed by atoms with Gasteiger partial charge in [-0.3, -0.25) is 4.79 Å². The van der Waals surface area contributed by atoms with E-state index in [-0.39, 0.29) is 17.9 Å². The number of carbonyl (C=O) groups excluding carboxylic acids is 1. The van der Waals surface area contributed by atoms with Crippen LogP contribution in [0.4, 0.5) is 8.78 Å². The molecule has 0 saturated carbocycles. The van der Waals surface area contributed by atoms with Crippen LogP contribution in [0.25, 0.3) is 0 Å². The van der Waals surface area contributed by atoms with E-state index in [1.165, 1.54) is 30.5 Å². The van der Waals surface area contributed by atoms with Gasteiger partial charge in [-0.15, -0.1) is 0 Å². The van der Waals surface area contributed by atoms with E-state index in [0.29, 0.717) is 5.76 Å². The zero-order chi connectivity index (χ0) is 13.7. The van der Waals surface area contributed by atoms with Crippen molar-refractivity contribution < 1.29 is 22.7 Å². The Morgan fingerprint density at radius 3 is 2.84 bits per heavy atom. The third-order valence-electron chi connectivity index (χ3n) is 2.32.